The molecule has 3 nitrogen and oxygen atoms in total. The van der Waals surface area contributed by atoms with E-state index in [1.807, 2.05) is 32.0 Å². The van der Waals surface area contributed by atoms with E-state index in [4.69, 9.17) is 0 Å². The predicted octanol–water partition coefficient (Wildman–Crippen LogP) is 2.77. The van der Waals surface area contributed by atoms with E-state index >= 15 is 0 Å². The molecule has 0 spiro atoms. The summed E-state index contributed by atoms with van der Waals surface area (Å²) in [4.78, 5) is 11.2. The average Bonchev–Trinajstić information content (AvgIpc) is 2.23. The van der Waals surface area contributed by atoms with E-state index in [0.717, 1.165) is 16.7 Å². The minimum absolute atomic E-state index is 0.254. The molecule has 0 radical (unpaired) electrons. The molecule has 1 N–H and O–H groups in total. The Kier molecular flexibility index (Phi) is 4.11. The van der Waals surface area contributed by atoms with E-state index in [0.29, 0.717) is 0 Å². The Bertz CT molecular complexity index is 419. The van der Waals surface area contributed by atoms with Crippen molar-refractivity contribution in [2.45, 2.75) is 20.8 Å². The molecule has 0 unspecified atom stereocenters. The number of carbonyl (C=O) groups excluding carboxylic acids is 1. The van der Waals surface area contributed by atoms with Crippen LogP contribution in [0.4, 0.5) is 0 Å². The van der Waals surface area contributed by atoms with Crippen LogP contribution < -0.4 is 0 Å². The minimum atomic E-state index is -0.691. The molecule has 3 heteroatoms. The second kappa shape index (κ2) is 5.35. The highest BCUT2D eigenvalue weighted by Crippen LogP contribution is 2.14. The zero-order chi connectivity index (χ0) is 12.1. The van der Waals surface area contributed by atoms with Gasteiger partial charge in [-0.25, -0.2) is 4.79 Å². The number of hydrogen-bond donors (Lipinski definition) is 1. The van der Waals surface area contributed by atoms with Crippen molar-refractivity contribution in [1.82, 2.24) is 0 Å². The van der Waals surface area contributed by atoms with Crippen LogP contribution in [0.5, 0.6) is 0 Å². The predicted molar refractivity (Wildman–Crippen MR) is 63.2 cm³/mol. The molecule has 0 amide bonds. The molecule has 0 aliphatic rings. The number of aliphatic hydroxyl groups excluding tert-OH is 1. The summed E-state index contributed by atoms with van der Waals surface area (Å²) in [6.45, 7) is 5.83. The Labute approximate surface area is 95.4 Å². The molecular formula is C13H16O3. The second-order valence-corrected chi connectivity index (χ2v) is 3.61. The molecule has 0 aliphatic heterocycles. The van der Waals surface area contributed by atoms with E-state index < -0.39 is 5.97 Å². The van der Waals surface area contributed by atoms with Gasteiger partial charge in [-0.3, -0.25) is 0 Å². The summed E-state index contributed by atoms with van der Waals surface area (Å²) in [7, 11) is 0. The highest BCUT2D eigenvalue weighted by Gasteiger charge is 2.08. The van der Waals surface area contributed by atoms with Crippen molar-refractivity contribution in [2.75, 3.05) is 6.61 Å². The maximum atomic E-state index is 11.2. The molecule has 0 aromatic heterocycles. The molecule has 0 heterocycles. The summed E-state index contributed by atoms with van der Waals surface area (Å²) in [5.41, 5.74) is 2.90. The highest BCUT2D eigenvalue weighted by atomic mass is 16.5. The third kappa shape index (κ3) is 3.12. The van der Waals surface area contributed by atoms with Gasteiger partial charge in [-0.15, -0.1) is 0 Å². The van der Waals surface area contributed by atoms with Gasteiger partial charge in [-0.2, -0.15) is 0 Å². The number of benzene rings is 1. The van der Waals surface area contributed by atoms with Crippen LogP contribution in [-0.4, -0.2) is 17.7 Å². The normalized spacial score (nSPS) is 11.3. The Hall–Kier alpha value is -1.77. The molecule has 1 aromatic rings. The van der Waals surface area contributed by atoms with Crippen molar-refractivity contribution in [2.24, 2.45) is 0 Å². The Morgan fingerprint density at radius 2 is 2.12 bits per heavy atom. The Balaban J connectivity index is 2.97. The van der Waals surface area contributed by atoms with Crippen molar-refractivity contribution < 1.29 is 14.6 Å². The van der Waals surface area contributed by atoms with Crippen LogP contribution in [0.1, 0.15) is 23.6 Å². The third-order valence-electron chi connectivity index (χ3n) is 2.21. The fourth-order valence-electron chi connectivity index (χ4n) is 1.33. The lowest BCUT2D eigenvalue weighted by Crippen LogP contribution is -2.06. The lowest BCUT2D eigenvalue weighted by atomic mass is 10.1. The molecule has 86 valence electrons. The lowest BCUT2D eigenvalue weighted by Gasteiger charge is -2.04. The van der Waals surface area contributed by atoms with Crippen LogP contribution in [-0.2, 0) is 9.53 Å². The molecule has 0 saturated heterocycles. The molecule has 0 fully saturated rings. The second-order valence-electron chi connectivity index (χ2n) is 3.61. The topological polar surface area (TPSA) is 46.5 Å². The fourth-order valence-corrected chi connectivity index (χ4v) is 1.33. The number of ether oxygens (including phenoxy) is 1. The first-order valence-electron chi connectivity index (χ1n) is 5.19. The third-order valence-corrected chi connectivity index (χ3v) is 2.21. The summed E-state index contributed by atoms with van der Waals surface area (Å²) >= 11 is 0. The molecule has 0 bridgehead atoms. The first-order chi connectivity index (χ1) is 7.54. The smallest absolute Gasteiger partial charge is 0.373 e. The molecule has 16 heavy (non-hydrogen) atoms. The summed E-state index contributed by atoms with van der Waals surface area (Å²) in [5, 5.41) is 9.50. The lowest BCUT2D eigenvalue weighted by molar-refractivity contribution is -0.141. The molecule has 0 aliphatic carbocycles. The number of esters is 1. The van der Waals surface area contributed by atoms with Crippen molar-refractivity contribution >= 4 is 12.0 Å². The fraction of sp³-hybridized carbons (Fsp3) is 0.308. The number of aryl methyl sites for hydroxylation is 2. The van der Waals surface area contributed by atoms with Crippen molar-refractivity contribution in [1.29, 1.82) is 0 Å². The number of aliphatic hydroxyl groups is 1. The van der Waals surface area contributed by atoms with Crippen LogP contribution in [0, 0.1) is 13.8 Å². The zero-order valence-electron chi connectivity index (χ0n) is 9.78. The molecular weight excluding hydrogens is 204 g/mol. The van der Waals surface area contributed by atoms with Crippen LogP contribution in [0.15, 0.2) is 24.0 Å². The maximum Gasteiger partial charge on any atom is 0.373 e. The Morgan fingerprint density at radius 3 is 2.75 bits per heavy atom. The summed E-state index contributed by atoms with van der Waals surface area (Å²) in [6, 6.07) is 5.83. The summed E-state index contributed by atoms with van der Waals surface area (Å²) in [5.74, 6) is -1.06. The monoisotopic (exact) mass is 220 g/mol. The standard InChI is InChI=1S/C13H16O3/c1-4-16-13(15)12(14)8-11-7-9(2)5-6-10(11)3/h5-8,14H,4H2,1-3H3/b12-8-. The van der Waals surface area contributed by atoms with Crippen LogP contribution in [0.25, 0.3) is 6.08 Å². The number of hydrogen-bond acceptors (Lipinski definition) is 3. The van der Waals surface area contributed by atoms with Gasteiger partial charge in [0.25, 0.3) is 0 Å². The van der Waals surface area contributed by atoms with Gasteiger partial charge in [0.2, 0.25) is 5.76 Å². The molecule has 0 saturated carbocycles. The molecule has 0 atom stereocenters. The van der Waals surface area contributed by atoms with Crippen LogP contribution in [0.2, 0.25) is 0 Å². The zero-order valence-corrected chi connectivity index (χ0v) is 9.78. The maximum absolute atomic E-state index is 11.2. The highest BCUT2D eigenvalue weighted by molar-refractivity contribution is 5.91. The van der Waals surface area contributed by atoms with Gasteiger partial charge in [-0.05, 0) is 38.0 Å². The van der Waals surface area contributed by atoms with Gasteiger partial charge < -0.3 is 9.84 Å². The largest absolute Gasteiger partial charge is 0.502 e. The number of rotatable bonds is 3. The van der Waals surface area contributed by atoms with E-state index in [1.165, 1.54) is 6.08 Å². The number of carbonyl (C=O) groups is 1. The average molecular weight is 220 g/mol. The van der Waals surface area contributed by atoms with Crippen molar-refractivity contribution in [3.63, 3.8) is 0 Å². The van der Waals surface area contributed by atoms with Crippen LogP contribution in [0.3, 0.4) is 0 Å². The SMILES string of the molecule is CCOC(=O)/C(O)=C/c1cc(C)ccc1C. The van der Waals surface area contributed by atoms with Crippen molar-refractivity contribution in [3.05, 3.63) is 40.6 Å². The minimum Gasteiger partial charge on any atom is -0.502 e. The molecule has 1 aromatic carbocycles. The van der Waals surface area contributed by atoms with Gasteiger partial charge >= 0.3 is 5.97 Å². The quantitative estimate of drug-likeness (QED) is 0.484. The van der Waals surface area contributed by atoms with Gasteiger partial charge in [-0.1, -0.05) is 23.8 Å². The van der Waals surface area contributed by atoms with Gasteiger partial charge in [0, 0.05) is 0 Å². The molecule has 1 rings (SSSR count). The summed E-state index contributed by atoms with van der Waals surface area (Å²) < 4.78 is 4.69. The van der Waals surface area contributed by atoms with Crippen molar-refractivity contribution in [3.8, 4) is 0 Å². The first-order valence-corrected chi connectivity index (χ1v) is 5.19. The Morgan fingerprint density at radius 1 is 1.44 bits per heavy atom. The van der Waals surface area contributed by atoms with E-state index in [2.05, 4.69) is 4.74 Å². The van der Waals surface area contributed by atoms with E-state index in [1.54, 1.807) is 6.92 Å². The van der Waals surface area contributed by atoms with Crippen LogP contribution >= 0.6 is 0 Å². The van der Waals surface area contributed by atoms with E-state index in [9.17, 15) is 9.90 Å². The summed E-state index contributed by atoms with van der Waals surface area (Å²) in [6.07, 6.45) is 1.43. The van der Waals surface area contributed by atoms with E-state index in [-0.39, 0.29) is 12.4 Å². The van der Waals surface area contributed by atoms with Gasteiger partial charge in [0.15, 0.2) is 0 Å². The first kappa shape index (κ1) is 12.3. The van der Waals surface area contributed by atoms with Gasteiger partial charge in [0.05, 0.1) is 6.61 Å². The van der Waals surface area contributed by atoms with Gasteiger partial charge in [0.1, 0.15) is 0 Å².